The molecule has 1 aliphatic heterocycles. The van der Waals surface area contributed by atoms with E-state index in [1.165, 1.54) is 0 Å². The summed E-state index contributed by atoms with van der Waals surface area (Å²) in [6, 6.07) is -0.410. The monoisotopic (exact) mass is 257 g/mol. The van der Waals surface area contributed by atoms with Gasteiger partial charge in [-0.1, -0.05) is 0 Å². The zero-order valence-electron chi connectivity index (χ0n) is 12.3. The molecule has 5 nitrogen and oxygen atoms in total. The van der Waals surface area contributed by atoms with Crippen LogP contribution in [0, 0.1) is 0 Å². The van der Waals surface area contributed by atoms with Crippen LogP contribution in [0.4, 0.5) is 0 Å². The first-order valence-corrected chi connectivity index (χ1v) is 6.57. The van der Waals surface area contributed by atoms with E-state index < -0.39 is 6.04 Å². The van der Waals surface area contributed by atoms with Crippen molar-refractivity contribution in [3.8, 4) is 0 Å². The first kappa shape index (κ1) is 15.4. The Morgan fingerprint density at radius 2 is 2.06 bits per heavy atom. The van der Waals surface area contributed by atoms with E-state index in [0.29, 0.717) is 0 Å². The Morgan fingerprint density at radius 1 is 1.44 bits per heavy atom. The zero-order valence-corrected chi connectivity index (χ0v) is 12.3. The predicted octanol–water partition coefficient (Wildman–Crippen LogP) is -0.148. The lowest BCUT2D eigenvalue weighted by Crippen LogP contribution is -2.55. The van der Waals surface area contributed by atoms with E-state index in [0.717, 1.165) is 26.1 Å². The van der Waals surface area contributed by atoms with Gasteiger partial charge < -0.3 is 14.9 Å². The first-order valence-electron chi connectivity index (χ1n) is 6.57. The van der Waals surface area contributed by atoms with Crippen LogP contribution in [0.5, 0.6) is 0 Å². The van der Waals surface area contributed by atoms with Gasteiger partial charge in [-0.3, -0.25) is 9.69 Å². The quantitative estimate of drug-likeness (QED) is 0.761. The van der Waals surface area contributed by atoms with Gasteiger partial charge >= 0.3 is 0 Å². The summed E-state index contributed by atoms with van der Waals surface area (Å²) in [5.41, 5.74) is -0.0656. The van der Waals surface area contributed by atoms with Gasteiger partial charge in [0.1, 0.15) is 6.04 Å². The average molecular weight is 257 g/mol. The minimum atomic E-state index is -0.410. The number of aliphatic hydroxyl groups excluding tert-OH is 1. The minimum absolute atomic E-state index is 0.0295. The Bertz CT molecular complexity index is 292. The van der Waals surface area contributed by atoms with Crippen molar-refractivity contribution < 1.29 is 9.90 Å². The third kappa shape index (κ3) is 3.43. The zero-order chi connectivity index (χ0) is 13.9. The van der Waals surface area contributed by atoms with Crippen molar-refractivity contribution in [1.82, 2.24) is 14.7 Å². The van der Waals surface area contributed by atoms with E-state index in [2.05, 4.69) is 23.6 Å². The lowest BCUT2D eigenvalue weighted by molar-refractivity contribution is -0.137. The molecule has 1 saturated heterocycles. The Balaban J connectivity index is 2.92. The molecule has 0 radical (unpaired) electrons. The largest absolute Gasteiger partial charge is 0.394 e. The number of rotatable bonds is 4. The van der Waals surface area contributed by atoms with E-state index in [1.54, 1.807) is 4.90 Å². The molecular formula is C13H27N3O2. The van der Waals surface area contributed by atoms with Gasteiger partial charge in [-0.15, -0.1) is 0 Å². The predicted molar refractivity (Wildman–Crippen MR) is 72.5 cm³/mol. The molecule has 0 spiro atoms. The fraction of sp³-hybridized carbons (Fsp3) is 0.923. The maximum atomic E-state index is 12.2. The molecule has 1 aliphatic rings. The summed E-state index contributed by atoms with van der Waals surface area (Å²) in [6.45, 7) is 6.62. The molecule has 1 N–H and O–H groups in total. The number of likely N-dealkylation sites (N-methyl/N-ethyl adjacent to an activating group) is 2. The van der Waals surface area contributed by atoms with Crippen molar-refractivity contribution >= 4 is 5.91 Å². The summed E-state index contributed by atoms with van der Waals surface area (Å²) < 4.78 is 0. The van der Waals surface area contributed by atoms with Gasteiger partial charge in [0.15, 0.2) is 0 Å². The van der Waals surface area contributed by atoms with Gasteiger partial charge in [0.05, 0.1) is 6.61 Å². The number of hydrogen-bond donors (Lipinski definition) is 1. The molecule has 5 heteroatoms. The molecule has 106 valence electrons. The number of nitrogens with zero attached hydrogens (tertiary/aromatic N) is 3. The highest BCUT2D eigenvalue weighted by Gasteiger charge is 2.40. The summed E-state index contributed by atoms with van der Waals surface area (Å²) in [5.74, 6) is 0.0295. The highest BCUT2D eigenvalue weighted by atomic mass is 16.3. The van der Waals surface area contributed by atoms with Gasteiger partial charge in [-0.25, -0.2) is 0 Å². The van der Waals surface area contributed by atoms with Crippen LogP contribution in [0.15, 0.2) is 0 Å². The van der Waals surface area contributed by atoms with Gasteiger partial charge in [0.2, 0.25) is 5.91 Å². The molecule has 0 aromatic rings. The van der Waals surface area contributed by atoms with Crippen molar-refractivity contribution in [2.24, 2.45) is 0 Å². The Morgan fingerprint density at radius 3 is 2.56 bits per heavy atom. The topological polar surface area (TPSA) is 47.0 Å². The highest BCUT2D eigenvalue weighted by molar-refractivity contribution is 5.82. The summed E-state index contributed by atoms with van der Waals surface area (Å²) in [6.07, 6.45) is 0.930. The van der Waals surface area contributed by atoms with E-state index in [9.17, 15) is 9.90 Å². The molecule has 1 unspecified atom stereocenters. The molecule has 0 bridgehead atoms. The average Bonchev–Trinajstić information content (AvgIpc) is 2.36. The van der Waals surface area contributed by atoms with Gasteiger partial charge in [0, 0.05) is 32.2 Å². The fourth-order valence-electron chi connectivity index (χ4n) is 2.45. The van der Waals surface area contributed by atoms with Crippen LogP contribution in [0.2, 0.25) is 0 Å². The number of aliphatic hydroxyl groups is 1. The van der Waals surface area contributed by atoms with Crippen LogP contribution >= 0.6 is 0 Å². The highest BCUT2D eigenvalue weighted by Crippen LogP contribution is 2.25. The maximum absolute atomic E-state index is 12.2. The first-order chi connectivity index (χ1) is 8.29. The molecule has 18 heavy (non-hydrogen) atoms. The minimum Gasteiger partial charge on any atom is -0.394 e. The van der Waals surface area contributed by atoms with Crippen LogP contribution in [-0.4, -0.2) is 84.7 Å². The van der Waals surface area contributed by atoms with Crippen LogP contribution in [0.3, 0.4) is 0 Å². The SMILES string of the molecule is CN(C)CCN1C(CO)C(=O)N(C)CCC1(C)C. The molecule has 0 saturated carbocycles. The van der Waals surface area contributed by atoms with Crippen LogP contribution in [-0.2, 0) is 4.79 Å². The summed E-state index contributed by atoms with van der Waals surface area (Å²) >= 11 is 0. The smallest absolute Gasteiger partial charge is 0.242 e. The number of carbonyl (C=O) groups is 1. The normalized spacial score (nSPS) is 25.6. The van der Waals surface area contributed by atoms with Crippen LogP contribution < -0.4 is 0 Å². The number of carbonyl (C=O) groups excluding carboxylic acids is 1. The lowest BCUT2D eigenvalue weighted by atomic mass is 9.97. The molecule has 1 fully saturated rings. The Hall–Kier alpha value is -0.650. The lowest BCUT2D eigenvalue weighted by Gasteiger charge is -2.40. The molecule has 1 rings (SSSR count). The van der Waals surface area contributed by atoms with Gasteiger partial charge in [-0.2, -0.15) is 0 Å². The second-order valence-corrected chi connectivity index (χ2v) is 6.02. The second-order valence-electron chi connectivity index (χ2n) is 6.02. The van der Waals surface area contributed by atoms with E-state index in [4.69, 9.17) is 0 Å². The summed E-state index contributed by atoms with van der Waals surface area (Å²) in [7, 11) is 5.86. The van der Waals surface area contributed by atoms with E-state index in [1.807, 2.05) is 21.1 Å². The van der Waals surface area contributed by atoms with Crippen molar-refractivity contribution in [3.63, 3.8) is 0 Å². The maximum Gasteiger partial charge on any atom is 0.242 e. The molecule has 1 heterocycles. The summed E-state index contributed by atoms with van der Waals surface area (Å²) in [5, 5.41) is 9.57. The third-order valence-electron chi connectivity index (χ3n) is 3.84. The third-order valence-corrected chi connectivity index (χ3v) is 3.84. The van der Waals surface area contributed by atoms with Crippen molar-refractivity contribution in [2.75, 3.05) is 47.4 Å². The van der Waals surface area contributed by atoms with Crippen molar-refractivity contribution in [2.45, 2.75) is 31.8 Å². The van der Waals surface area contributed by atoms with Crippen molar-refractivity contribution in [1.29, 1.82) is 0 Å². The number of amides is 1. The molecule has 1 atom stereocenters. The standard InChI is InChI=1S/C13H27N3O2/c1-13(2)6-7-15(5)12(18)11(10-17)16(13)9-8-14(3)4/h11,17H,6-10H2,1-5H3. The Kier molecular flexibility index (Phi) is 5.13. The molecule has 1 amide bonds. The van der Waals surface area contributed by atoms with E-state index >= 15 is 0 Å². The molecular weight excluding hydrogens is 230 g/mol. The molecule has 0 aromatic heterocycles. The van der Waals surface area contributed by atoms with Crippen LogP contribution in [0.1, 0.15) is 20.3 Å². The van der Waals surface area contributed by atoms with Crippen LogP contribution in [0.25, 0.3) is 0 Å². The Labute approximate surface area is 110 Å². The fourth-order valence-corrected chi connectivity index (χ4v) is 2.45. The number of hydrogen-bond acceptors (Lipinski definition) is 4. The second kappa shape index (κ2) is 5.99. The summed E-state index contributed by atoms with van der Waals surface area (Å²) in [4.78, 5) is 18.2. The molecule has 0 aromatic carbocycles. The van der Waals surface area contributed by atoms with Gasteiger partial charge in [0.25, 0.3) is 0 Å². The van der Waals surface area contributed by atoms with Gasteiger partial charge in [-0.05, 0) is 34.4 Å². The van der Waals surface area contributed by atoms with E-state index in [-0.39, 0.29) is 18.1 Å². The van der Waals surface area contributed by atoms with Crippen molar-refractivity contribution in [3.05, 3.63) is 0 Å². The molecule has 0 aliphatic carbocycles.